The molecule has 2 aromatic carbocycles. The lowest BCUT2D eigenvalue weighted by molar-refractivity contribution is 0.0696. The van der Waals surface area contributed by atoms with Crippen LogP contribution in [-0.2, 0) is 16.4 Å². The summed E-state index contributed by atoms with van der Waals surface area (Å²) in [6.45, 7) is 2.10. The zero-order valence-electron chi connectivity index (χ0n) is 14.0. The maximum absolute atomic E-state index is 13.2. The topological polar surface area (TPSA) is 83.9 Å². The fourth-order valence-corrected chi connectivity index (χ4v) is 4.85. The Balaban J connectivity index is 2.07. The first kappa shape index (κ1) is 17.3. The number of methoxy groups -OCH3 is 1. The zero-order chi connectivity index (χ0) is 18.2. The Morgan fingerprint density at radius 1 is 1.20 bits per heavy atom. The van der Waals surface area contributed by atoms with Gasteiger partial charge in [0.25, 0.3) is 10.0 Å². The predicted molar refractivity (Wildman–Crippen MR) is 94.0 cm³/mol. The Labute approximate surface area is 146 Å². The number of carboxylic acids is 1. The van der Waals surface area contributed by atoms with Gasteiger partial charge in [-0.15, -0.1) is 0 Å². The van der Waals surface area contributed by atoms with Gasteiger partial charge in [0, 0.05) is 6.54 Å². The highest BCUT2D eigenvalue weighted by molar-refractivity contribution is 7.92. The van der Waals surface area contributed by atoms with Gasteiger partial charge >= 0.3 is 5.97 Å². The highest BCUT2D eigenvalue weighted by Gasteiger charge is 2.30. The van der Waals surface area contributed by atoms with Gasteiger partial charge < -0.3 is 9.84 Å². The summed E-state index contributed by atoms with van der Waals surface area (Å²) in [5, 5.41) is 9.13. The number of carbonyl (C=O) groups is 1. The number of sulfonamides is 1. The van der Waals surface area contributed by atoms with Gasteiger partial charge in [-0.25, -0.2) is 13.2 Å². The summed E-state index contributed by atoms with van der Waals surface area (Å²) < 4.78 is 32.8. The standard InChI is InChI=1S/C18H19NO5S/c1-12-10-15(24-2)6-8-17(12)25(22,23)19-9-3-4-13-11-14(18(20)21)5-7-16(13)19/h5-8,10-11H,3-4,9H2,1-2H3,(H,20,21). The molecular weight excluding hydrogens is 342 g/mol. The number of rotatable bonds is 4. The van der Waals surface area contributed by atoms with Crippen LogP contribution in [0.2, 0.25) is 0 Å². The summed E-state index contributed by atoms with van der Waals surface area (Å²) in [6.07, 6.45) is 1.30. The lowest BCUT2D eigenvalue weighted by Gasteiger charge is -2.31. The maximum atomic E-state index is 13.2. The number of aryl methyl sites for hydroxylation is 2. The van der Waals surface area contributed by atoms with E-state index in [1.54, 1.807) is 37.3 Å². The predicted octanol–water partition coefficient (Wildman–Crippen LogP) is 2.84. The van der Waals surface area contributed by atoms with Gasteiger partial charge in [0.05, 0.1) is 23.3 Å². The summed E-state index contributed by atoms with van der Waals surface area (Å²) in [7, 11) is -2.20. The molecular formula is C18H19NO5S. The molecule has 0 atom stereocenters. The molecule has 0 bridgehead atoms. The van der Waals surface area contributed by atoms with Crippen LogP contribution in [-0.4, -0.2) is 33.1 Å². The molecule has 0 aliphatic carbocycles. The number of carboxylic acid groups (broad SMARTS) is 1. The van der Waals surface area contributed by atoms with Crippen LogP contribution in [0.5, 0.6) is 5.75 Å². The summed E-state index contributed by atoms with van der Waals surface area (Å²) >= 11 is 0. The van der Waals surface area contributed by atoms with Crippen molar-refractivity contribution in [3.8, 4) is 5.75 Å². The number of anilines is 1. The average Bonchev–Trinajstić information content (AvgIpc) is 2.60. The normalized spacial score (nSPS) is 14.1. The van der Waals surface area contributed by atoms with Gasteiger partial charge in [0.2, 0.25) is 0 Å². The van der Waals surface area contributed by atoms with E-state index >= 15 is 0 Å². The second-order valence-corrected chi connectivity index (χ2v) is 7.79. The van der Waals surface area contributed by atoms with E-state index in [2.05, 4.69) is 0 Å². The van der Waals surface area contributed by atoms with Crippen molar-refractivity contribution in [2.45, 2.75) is 24.7 Å². The third kappa shape index (κ3) is 3.07. The third-order valence-corrected chi connectivity index (χ3v) is 6.33. The number of ether oxygens (including phenoxy) is 1. The van der Waals surface area contributed by atoms with E-state index in [4.69, 9.17) is 9.84 Å². The molecule has 0 fully saturated rings. The minimum atomic E-state index is -3.73. The van der Waals surface area contributed by atoms with E-state index in [0.717, 1.165) is 5.56 Å². The first-order valence-electron chi connectivity index (χ1n) is 7.88. The van der Waals surface area contributed by atoms with Crippen molar-refractivity contribution in [3.63, 3.8) is 0 Å². The molecule has 1 heterocycles. The van der Waals surface area contributed by atoms with Crippen molar-refractivity contribution in [3.05, 3.63) is 53.1 Å². The average molecular weight is 361 g/mol. The van der Waals surface area contributed by atoms with Crippen LogP contribution in [0, 0.1) is 6.92 Å². The monoisotopic (exact) mass is 361 g/mol. The van der Waals surface area contributed by atoms with Crippen molar-refractivity contribution < 1.29 is 23.1 Å². The van der Waals surface area contributed by atoms with Gasteiger partial charge in [-0.3, -0.25) is 4.31 Å². The van der Waals surface area contributed by atoms with Crippen molar-refractivity contribution in [2.24, 2.45) is 0 Å². The minimum absolute atomic E-state index is 0.165. The Hall–Kier alpha value is -2.54. The second-order valence-electron chi connectivity index (χ2n) is 5.96. The molecule has 0 radical (unpaired) electrons. The maximum Gasteiger partial charge on any atom is 0.335 e. The van der Waals surface area contributed by atoms with Crippen LogP contribution >= 0.6 is 0 Å². The van der Waals surface area contributed by atoms with Gasteiger partial charge in [0.1, 0.15) is 5.75 Å². The third-order valence-electron chi connectivity index (χ3n) is 4.35. The molecule has 6 nitrogen and oxygen atoms in total. The summed E-state index contributed by atoms with van der Waals surface area (Å²) in [4.78, 5) is 11.4. The minimum Gasteiger partial charge on any atom is -0.497 e. The summed E-state index contributed by atoms with van der Waals surface area (Å²) in [6, 6.07) is 9.43. The molecule has 7 heteroatoms. The van der Waals surface area contributed by atoms with Gasteiger partial charge in [-0.05, 0) is 67.3 Å². The number of hydrogen-bond acceptors (Lipinski definition) is 4. The van der Waals surface area contributed by atoms with Crippen LogP contribution in [0.15, 0.2) is 41.3 Å². The fraction of sp³-hybridized carbons (Fsp3) is 0.278. The van der Waals surface area contributed by atoms with Crippen molar-refractivity contribution in [1.29, 1.82) is 0 Å². The Kier molecular flexibility index (Phi) is 4.43. The summed E-state index contributed by atoms with van der Waals surface area (Å²) in [5.41, 5.74) is 2.06. The van der Waals surface area contributed by atoms with Crippen LogP contribution in [0.3, 0.4) is 0 Å². The second kappa shape index (κ2) is 6.40. The molecule has 0 saturated heterocycles. The van der Waals surface area contributed by atoms with E-state index < -0.39 is 16.0 Å². The first-order valence-corrected chi connectivity index (χ1v) is 9.32. The van der Waals surface area contributed by atoms with Crippen molar-refractivity contribution >= 4 is 21.7 Å². The zero-order valence-corrected chi connectivity index (χ0v) is 14.8. The lowest BCUT2D eigenvalue weighted by atomic mass is 10.0. The Bertz CT molecular complexity index is 936. The quantitative estimate of drug-likeness (QED) is 0.905. The highest BCUT2D eigenvalue weighted by atomic mass is 32.2. The molecule has 3 rings (SSSR count). The molecule has 0 spiro atoms. The van der Waals surface area contributed by atoms with E-state index in [0.29, 0.717) is 36.4 Å². The molecule has 1 aliphatic heterocycles. The number of aromatic carboxylic acids is 1. The molecule has 132 valence electrons. The molecule has 0 unspecified atom stereocenters. The van der Waals surface area contributed by atoms with Crippen LogP contribution in [0.4, 0.5) is 5.69 Å². The molecule has 1 aliphatic rings. The van der Waals surface area contributed by atoms with Crippen molar-refractivity contribution in [2.75, 3.05) is 18.0 Å². The summed E-state index contributed by atoms with van der Waals surface area (Å²) in [5.74, 6) is -0.421. The molecule has 25 heavy (non-hydrogen) atoms. The van der Waals surface area contributed by atoms with E-state index in [1.165, 1.54) is 17.5 Å². The largest absolute Gasteiger partial charge is 0.497 e. The number of benzene rings is 2. The van der Waals surface area contributed by atoms with E-state index in [-0.39, 0.29) is 10.5 Å². The SMILES string of the molecule is COc1ccc(S(=O)(=O)N2CCCc3cc(C(=O)O)ccc32)c(C)c1. The van der Waals surface area contributed by atoms with Crippen LogP contribution in [0.1, 0.15) is 27.9 Å². The number of hydrogen-bond donors (Lipinski definition) is 1. The van der Waals surface area contributed by atoms with E-state index in [9.17, 15) is 13.2 Å². The van der Waals surface area contributed by atoms with Crippen LogP contribution in [0.25, 0.3) is 0 Å². The molecule has 0 saturated carbocycles. The molecule has 0 aromatic heterocycles. The van der Waals surface area contributed by atoms with E-state index in [1.807, 2.05) is 0 Å². The Morgan fingerprint density at radius 3 is 2.60 bits per heavy atom. The highest BCUT2D eigenvalue weighted by Crippen LogP contribution is 2.34. The van der Waals surface area contributed by atoms with Gasteiger partial charge in [-0.1, -0.05) is 0 Å². The number of fused-ring (bicyclic) bond motifs is 1. The number of nitrogens with zero attached hydrogens (tertiary/aromatic N) is 1. The lowest BCUT2D eigenvalue weighted by Crippen LogP contribution is -2.36. The molecule has 1 N–H and O–H groups in total. The van der Waals surface area contributed by atoms with Gasteiger partial charge in [0.15, 0.2) is 0 Å². The smallest absolute Gasteiger partial charge is 0.335 e. The first-order chi connectivity index (χ1) is 11.8. The van der Waals surface area contributed by atoms with Gasteiger partial charge in [-0.2, -0.15) is 0 Å². The fourth-order valence-electron chi connectivity index (χ4n) is 3.10. The van der Waals surface area contributed by atoms with Crippen molar-refractivity contribution in [1.82, 2.24) is 0 Å². The molecule has 2 aromatic rings. The van der Waals surface area contributed by atoms with Crippen LogP contribution < -0.4 is 9.04 Å². The Morgan fingerprint density at radius 2 is 1.96 bits per heavy atom. The molecule has 0 amide bonds.